The number of halogens is 1. The SMILES string of the molecule is O=C(c1cn2cc(Cl)cnc2n1)N1C[C@@H](CO)[C@@H](CN2CCCCC2)C1. The second-order valence-electron chi connectivity index (χ2n) is 7.38. The number of likely N-dealkylation sites (tertiary alicyclic amines) is 2. The zero-order valence-corrected chi connectivity index (χ0v) is 15.5. The number of rotatable bonds is 4. The molecule has 2 aliphatic rings. The fourth-order valence-electron chi connectivity index (χ4n) is 4.12. The summed E-state index contributed by atoms with van der Waals surface area (Å²) >= 11 is 5.95. The van der Waals surface area contributed by atoms with Crippen molar-refractivity contribution < 1.29 is 9.90 Å². The predicted molar refractivity (Wildman–Crippen MR) is 98.3 cm³/mol. The lowest BCUT2D eigenvalue weighted by Gasteiger charge is -2.30. The van der Waals surface area contributed by atoms with Gasteiger partial charge in [-0.25, -0.2) is 9.97 Å². The Labute approximate surface area is 157 Å². The second-order valence-corrected chi connectivity index (χ2v) is 7.82. The van der Waals surface area contributed by atoms with Crippen LogP contribution in [-0.2, 0) is 0 Å². The van der Waals surface area contributed by atoms with Crippen molar-refractivity contribution in [2.75, 3.05) is 39.3 Å². The number of aliphatic hydroxyl groups is 1. The number of hydrogen-bond acceptors (Lipinski definition) is 5. The van der Waals surface area contributed by atoms with E-state index in [1.165, 1.54) is 25.5 Å². The summed E-state index contributed by atoms with van der Waals surface area (Å²) in [6, 6.07) is 0. The molecule has 0 unspecified atom stereocenters. The van der Waals surface area contributed by atoms with Gasteiger partial charge in [0.25, 0.3) is 5.91 Å². The van der Waals surface area contributed by atoms with Crippen LogP contribution in [0.3, 0.4) is 0 Å². The van der Waals surface area contributed by atoms with E-state index < -0.39 is 0 Å². The lowest BCUT2D eigenvalue weighted by Crippen LogP contribution is -2.37. The Morgan fingerprint density at radius 3 is 2.73 bits per heavy atom. The second kappa shape index (κ2) is 7.50. The molecule has 0 aliphatic carbocycles. The average molecular weight is 378 g/mol. The summed E-state index contributed by atoms with van der Waals surface area (Å²) in [6.45, 7) is 4.57. The third-order valence-electron chi connectivity index (χ3n) is 5.54. The van der Waals surface area contributed by atoms with Crippen molar-refractivity contribution in [1.82, 2.24) is 24.2 Å². The molecule has 0 spiro atoms. The van der Waals surface area contributed by atoms with Gasteiger partial charge in [-0.15, -0.1) is 0 Å². The zero-order valence-electron chi connectivity index (χ0n) is 14.7. The van der Waals surface area contributed by atoms with Gasteiger partial charge in [0, 0.05) is 44.6 Å². The summed E-state index contributed by atoms with van der Waals surface area (Å²) in [6.07, 6.45) is 8.67. The quantitative estimate of drug-likeness (QED) is 0.875. The maximum Gasteiger partial charge on any atom is 0.274 e. The van der Waals surface area contributed by atoms with Crippen LogP contribution in [0.25, 0.3) is 5.78 Å². The smallest absolute Gasteiger partial charge is 0.274 e. The first kappa shape index (κ1) is 17.7. The Morgan fingerprint density at radius 2 is 1.96 bits per heavy atom. The number of aromatic nitrogens is 3. The largest absolute Gasteiger partial charge is 0.396 e. The van der Waals surface area contributed by atoms with Crippen molar-refractivity contribution >= 4 is 23.3 Å². The molecule has 2 saturated heterocycles. The number of piperidine rings is 1. The highest BCUT2D eigenvalue weighted by Crippen LogP contribution is 2.26. The molecule has 0 bridgehead atoms. The van der Waals surface area contributed by atoms with Gasteiger partial charge in [-0.1, -0.05) is 18.0 Å². The molecular weight excluding hydrogens is 354 g/mol. The molecule has 2 aromatic rings. The standard InChI is InChI=1S/C18H24ClN5O2/c19-15-6-20-18-21-16(11-24(18)10-15)17(26)23-8-13(14(9-23)12-25)7-22-4-2-1-3-5-22/h6,10-11,13-14,25H,1-5,7-9,12H2/t13-,14-/m0/s1. The number of aliphatic hydroxyl groups excluding tert-OH is 1. The number of hydrogen-bond donors (Lipinski definition) is 1. The lowest BCUT2D eigenvalue weighted by molar-refractivity contribution is 0.0773. The van der Waals surface area contributed by atoms with Crippen LogP contribution < -0.4 is 0 Å². The Balaban J connectivity index is 1.46. The normalized spacial score (nSPS) is 24.5. The molecule has 0 aromatic carbocycles. The minimum Gasteiger partial charge on any atom is -0.396 e. The summed E-state index contributed by atoms with van der Waals surface area (Å²) in [5.41, 5.74) is 0.370. The predicted octanol–water partition coefficient (Wildman–Crippen LogP) is 1.55. The van der Waals surface area contributed by atoms with Gasteiger partial charge >= 0.3 is 0 Å². The highest BCUT2D eigenvalue weighted by Gasteiger charge is 2.36. The molecule has 2 fully saturated rings. The molecule has 7 nitrogen and oxygen atoms in total. The monoisotopic (exact) mass is 377 g/mol. The number of imidazole rings is 1. The van der Waals surface area contributed by atoms with Crippen molar-refractivity contribution in [3.05, 3.63) is 29.3 Å². The van der Waals surface area contributed by atoms with Crippen molar-refractivity contribution in [2.45, 2.75) is 19.3 Å². The maximum atomic E-state index is 12.9. The number of carbonyl (C=O) groups excluding carboxylic acids is 1. The van der Waals surface area contributed by atoms with Crippen molar-refractivity contribution in [1.29, 1.82) is 0 Å². The van der Waals surface area contributed by atoms with Gasteiger partial charge in [-0.05, 0) is 31.8 Å². The minimum atomic E-state index is -0.105. The molecule has 1 amide bonds. The molecule has 0 saturated carbocycles. The van der Waals surface area contributed by atoms with E-state index in [-0.39, 0.29) is 18.4 Å². The van der Waals surface area contributed by atoms with Gasteiger partial charge in [-0.2, -0.15) is 0 Å². The van der Waals surface area contributed by atoms with E-state index in [1.807, 2.05) is 4.90 Å². The number of nitrogens with zero attached hydrogens (tertiary/aromatic N) is 5. The Kier molecular flexibility index (Phi) is 5.11. The highest BCUT2D eigenvalue weighted by molar-refractivity contribution is 6.30. The van der Waals surface area contributed by atoms with Crippen molar-refractivity contribution in [3.8, 4) is 0 Å². The van der Waals surface area contributed by atoms with Gasteiger partial charge in [0.05, 0.1) is 11.2 Å². The number of fused-ring (bicyclic) bond motifs is 1. The average Bonchev–Trinajstić information content (AvgIpc) is 3.25. The van der Waals surface area contributed by atoms with Gasteiger partial charge < -0.3 is 14.9 Å². The fraction of sp³-hybridized carbons (Fsp3) is 0.611. The van der Waals surface area contributed by atoms with E-state index in [0.29, 0.717) is 35.5 Å². The van der Waals surface area contributed by atoms with Crippen LogP contribution in [0.5, 0.6) is 0 Å². The molecule has 140 valence electrons. The van der Waals surface area contributed by atoms with Crippen LogP contribution in [0.2, 0.25) is 5.02 Å². The molecule has 2 aliphatic heterocycles. The van der Waals surface area contributed by atoms with E-state index in [9.17, 15) is 9.90 Å². The lowest BCUT2D eigenvalue weighted by atomic mass is 9.95. The van der Waals surface area contributed by atoms with Crippen LogP contribution in [0, 0.1) is 11.8 Å². The van der Waals surface area contributed by atoms with E-state index in [4.69, 9.17) is 11.6 Å². The zero-order chi connectivity index (χ0) is 18.1. The Hall–Kier alpha value is -1.70. The van der Waals surface area contributed by atoms with Crippen LogP contribution in [-0.4, -0.2) is 74.5 Å². The minimum absolute atomic E-state index is 0.105. The van der Waals surface area contributed by atoms with E-state index in [0.717, 1.165) is 19.6 Å². The van der Waals surface area contributed by atoms with Gasteiger partial charge in [0.2, 0.25) is 5.78 Å². The fourth-order valence-corrected chi connectivity index (χ4v) is 4.27. The molecule has 4 heterocycles. The third kappa shape index (κ3) is 3.56. The summed E-state index contributed by atoms with van der Waals surface area (Å²) < 4.78 is 1.67. The van der Waals surface area contributed by atoms with E-state index >= 15 is 0 Å². The molecule has 2 aromatic heterocycles. The molecule has 0 radical (unpaired) electrons. The van der Waals surface area contributed by atoms with Gasteiger partial charge in [-0.3, -0.25) is 9.20 Å². The van der Waals surface area contributed by atoms with Crippen molar-refractivity contribution in [2.24, 2.45) is 11.8 Å². The Morgan fingerprint density at radius 1 is 1.19 bits per heavy atom. The first-order chi connectivity index (χ1) is 12.6. The summed E-state index contributed by atoms with van der Waals surface area (Å²) in [5, 5.41) is 10.3. The van der Waals surface area contributed by atoms with Crippen LogP contribution in [0.15, 0.2) is 18.6 Å². The first-order valence-electron chi connectivity index (χ1n) is 9.27. The topological polar surface area (TPSA) is 74.0 Å². The Bertz CT molecular complexity index is 789. The van der Waals surface area contributed by atoms with Crippen LogP contribution in [0.1, 0.15) is 29.8 Å². The van der Waals surface area contributed by atoms with Crippen molar-refractivity contribution in [3.63, 3.8) is 0 Å². The van der Waals surface area contributed by atoms with E-state index in [2.05, 4.69) is 14.9 Å². The maximum absolute atomic E-state index is 12.9. The third-order valence-corrected chi connectivity index (χ3v) is 5.73. The summed E-state index contributed by atoms with van der Waals surface area (Å²) in [7, 11) is 0. The summed E-state index contributed by atoms with van der Waals surface area (Å²) in [4.78, 5) is 25.6. The first-order valence-corrected chi connectivity index (χ1v) is 9.64. The van der Waals surface area contributed by atoms with Crippen LogP contribution >= 0.6 is 11.6 Å². The van der Waals surface area contributed by atoms with Crippen LogP contribution in [0.4, 0.5) is 0 Å². The molecule has 26 heavy (non-hydrogen) atoms. The number of carbonyl (C=O) groups is 1. The molecular formula is C18H24ClN5O2. The molecule has 8 heteroatoms. The van der Waals surface area contributed by atoms with E-state index in [1.54, 1.807) is 16.8 Å². The van der Waals surface area contributed by atoms with Gasteiger partial charge in [0.1, 0.15) is 5.69 Å². The molecule has 2 atom stereocenters. The summed E-state index contributed by atoms with van der Waals surface area (Å²) in [5.74, 6) is 0.795. The van der Waals surface area contributed by atoms with Gasteiger partial charge in [0.15, 0.2) is 0 Å². The molecule has 1 N–H and O–H groups in total. The highest BCUT2D eigenvalue weighted by atomic mass is 35.5. The molecule has 4 rings (SSSR count). The number of amides is 1.